The van der Waals surface area contributed by atoms with Crippen molar-refractivity contribution in [2.45, 2.75) is 20.0 Å². The molecule has 0 aliphatic carbocycles. The lowest BCUT2D eigenvalue weighted by Gasteiger charge is -2.08. The van der Waals surface area contributed by atoms with Crippen LogP contribution in [0.1, 0.15) is 13.8 Å². The summed E-state index contributed by atoms with van der Waals surface area (Å²) in [6.07, 6.45) is 1.63. The van der Waals surface area contributed by atoms with E-state index in [1.165, 1.54) is 12.3 Å². The van der Waals surface area contributed by atoms with Crippen LogP contribution in [0, 0.1) is 0 Å². The number of nitrogens with zero attached hydrogens (tertiary/aromatic N) is 1. The number of rotatable bonds is 2. The van der Waals surface area contributed by atoms with Gasteiger partial charge in [0.2, 0.25) is 5.88 Å². The van der Waals surface area contributed by atoms with Crippen molar-refractivity contribution in [3.63, 3.8) is 0 Å². The lowest BCUT2D eigenvalue weighted by Crippen LogP contribution is -2.05. The van der Waals surface area contributed by atoms with Crippen molar-refractivity contribution in [2.75, 3.05) is 0 Å². The molecule has 0 bridgehead atoms. The van der Waals surface area contributed by atoms with Crippen molar-refractivity contribution in [1.82, 2.24) is 4.98 Å². The fourth-order valence-corrected chi connectivity index (χ4v) is 0.745. The maximum atomic E-state index is 8.93. The molecule has 0 aromatic carbocycles. The van der Waals surface area contributed by atoms with E-state index in [0.717, 1.165) is 0 Å². The molecule has 1 N–H and O–H groups in total. The molecule has 1 heterocycles. The first-order chi connectivity index (χ1) is 5.18. The molecular formula is C8H11NO2. The van der Waals surface area contributed by atoms with E-state index in [-0.39, 0.29) is 12.0 Å². The SMILES string of the molecule is CC(C)Oc1ccnc(O)c1. The summed E-state index contributed by atoms with van der Waals surface area (Å²) < 4.78 is 5.30. The van der Waals surface area contributed by atoms with Crippen LogP contribution in [0.15, 0.2) is 18.3 Å². The molecule has 3 nitrogen and oxygen atoms in total. The highest BCUT2D eigenvalue weighted by Crippen LogP contribution is 2.15. The van der Waals surface area contributed by atoms with Crippen LogP contribution in [-0.4, -0.2) is 16.2 Å². The molecule has 11 heavy (non-hydrogen) atoms. The second-order valence-electron chi connectivity index (χ2n) is 2.52. The largest absolute Gasteiger partial charge is 0.493 e. The van der Waals surface area contributed by atoms with Crippen LogP contribution in [0.2, 0.25) is 0 Å². The molecule has 1 rings (SSSR count). The number of hydrogen-bond acceptors (Lipinski definition) is 3. The van der Waals surface area contributed by atoms with Gasteiger partial charge in [-0.15, -0.1) is 0 Å². The Balaban J connectivity index is 2.71. The summed E-state index contributed by atoms with van der Waals surface area (Å²) in [5.74, 6) is 0.635. The molecular weight excluding hydrogens is 142 g/mol. The lowest BCUT2D eigenvalue weighted by atomic mass is 10.4. The Hall–Kier alpha value is -1.25. The summed E-state index contributed by atoms with van der Waals surface area (Å²) in [7, 11) is 0. The molecule has 1 aromatic rings. The summed E-state index contributed by atoms with van der Waals surface area (Å²) in [6, 6.07) is 3.19. The normalized spacial score (nSPS) is 10.1. The standard InChI is InChI=1S/C8H11NO2/c1-6(2)11-7-3-4-9-8(10)5-7/h3-6H,1-2H3,(H,9,10). The highest BCUT2D eigenvalue weighted by atomic mass is 16.5. The van der Waals surface area contributed by atoms with Gasteiger partial charge in [0.05, 0.1) is 6.10 Å². The zero-order valence-electron chi connectivity index (χ0n) is 6.61. The fourth-order valence-electron chi connectivity index (χ4n) is 0.745. The molecule has 0 saturated carbocycles. The Morgan fingerprint density at radius 3 is 2.82 bits per heavy atom. The zero-order valence-corrected chi connectivity index (χ0v) is 6.61. The summed E-state index contributed by atoms with van der Waals surface area (Å²) in [4.78, 5) is 3.62. The maximum Gasteiger partial charge on any atom is 0.214 e. The van der Waals surface area contributed by atoms with Gasteiger partial charge in [-0.1, -0.05) is 0 Å². The van der Waals surface area contributed by atoms with Crippen molar-refractivity contribution in [1.29, 1.82) is 0 Å². The van der Waals surface area contributed by atoms with E-state index in [1.54, 1.807) is 6.07 Å². The van der Waals surface area contributed by atoms with E-state index in [4.69, 9.17) is 9.84 Å². The predicted octanol–water partition coefficient (Wildman–Crippen LogP) is 1.57. The van der Waals surface area contributed by atoms with E-state index in [2.05, 4.69) is 4.98 Å². The molecule has 0 amide bonds. The second kappa shape index (κ2) is 3.23. The second-order valence-corrected chi connectivity index (χ2v) is 2.52. The Morgan fingerprint density at radius 1 is 1.55 bits per heavy atom. The van der Waals surface area contributed by atoms with Crippen molar-refractivity contribution in [3.8, 4) is 11.6 Å². The third kappa shape index (κ3) is 2.45. The van der Waals surface area contributed by atoms with Gasteiger partial charge in [-0.2, -0.15) is 0 Å². The van der Waals surface area contributed by atoms with Gasteiger partial charge in [0.25, 0.3) is 0 Å². The minimum atomic E-state index is -0.0110. The summed E-state index contributed by atoms with van der Waals surface area (Å²) in [6.45, 7) is 3.86. The first-order valence-corrected chi connectivity index (χ1v) is 3.50. The first-order valence-electron chi connectivity index (χ1n) is 3.50. The number of aromatic hydroxyl groups is 1. The van der Waals surface area contributed by atoms with Crippen LogP contribution in [0.5, 0.6) is 11.6 Å². The Morgan fingerprint density at radius 2 is 2.27 bits per heavy atom. The van der Waals surface area contributed by atoms with Crippen LogP contribution in [0.4, 0.5) is 0 Å². The zero-order chi connectivity index (χ0) is 8.27. The number of pyridine rings is 1. The topological polar surface area (TPSA) is 42.4 Å². The highest BCUT2D eigenvalue weighted by Gasteiger charge is 1.97. The molecule has 0 saturated heterocycles. The smallest absolute Gasteiger partial charge is 0.214 e. The van der Waals surface area contributed by atoms with Crippen LogP contribution >= 0.6 is 0 Å². The number of aromatic nitrogens is 1. The van der Waals surface area contributed by atoms with E-state index >= 15 is 0 Å². The molecule has 3 heteroatoms. The van der Waals surface area contributed by atoms with Crippen LogP contribution in [-0.2, 0) is 0 Å². The van der Waals surface area contributed by atoms with Gasteiger partial charge >= 0.3 is 0 Å². The Kier molecular flexibility index (Phi) is 2.31. The van der Waals surface area contributed by atoms with Crippen molar-refractivity contribution in [3.05, 3.63) is 18.3 Å². The molecule has 0 fully saturated rings. The van der Waals surface area contributed by atoms with E-state index in [9.17, 15) is 0 Å². The predicted molar refractivity (Wildman–Crippen MR) is 41.7 cm³/mol. The van der Waals surface area contributed by atoms with Gasteiger partial charge in [0, 0.05) is 12.3 Å². The van der Waals surface area contributed by atoms with Crippen molar-refractivity contribution >= 4 is 0 Å². The quantitative estimate of drug-likeness (QED) is 0.701. The molecule has 0 atom stereocenters. The minimum Gasteiger partial charge on any atom is -0.493 e. The van der Waals surface area contributed by atoms with Gasteiger partial charge in [0.1, 0.15) is 5.75 Å². The molecule has 1 aromatic heterocycles. The van der Waals surface area contributed by atoms with Gasteiger partial charge in [-0.25, -0.2) is 4.98 Å². The van der Waals surface area contributed by atoms with Crippen LogP contribution < -0.4 is 4.74 Å². The molecule has 0 radical (unpaired) electrons. The van der Waals surface area contributed by atoms with E-state index in [1.807, 2.05) is 13.8 Å². The third-order valence-electron chi connectivity index (χ3n) is 1.09. The van der Waals surface area contributed by atoms with E-state index < -0.39 is 0 Å². The molecule has 0 aliphatic rings. The van der Waals surface area contributed by atoms with Crippen LogP contribution in [0.3, 0.4) is 0 Å². The third-order valence-corrected chi connectivity index (χ3v) is 1.09. The minimum absolute atomic E-state index is 0.0110. The van der Waals surface area contributed by atoms with Crippen molar-refractivity contribution < 1.29 is 9.84 Å². The average molecular weight is 153 g/mol. The summed E-state index contributed by atoms with van der Waals surface area (Å²) >= 11 is 0. The number of ether oxygens (including phenoxy) is 1. The molecule has 0 aliphatic heterocycles. The van der Waals surface area contributed by atoms with Gasteiger partial charge in [0.15, 0.2) is 0 Å². The van der Waals surface area contributed by atoms with Gasteiger partial charge in [-0.05, 0) is 19.9 Å². The van der Waals surface area contributed by atoms with Gasteiger partial charge < -0.3 is 9.84 Å². The monoisotopic (exact) mass is 153 g/mol. The van der Waals surface area contributed by atoms with Gasteiger partial charge in [-0.3, -0.25) is 0 Å². The fraction of sp³-hybridized carbons (Fsp3) is 0.375. The maximum absolute atomic E-state index is 8.93. The van der Waals surface area contributed by atoms with Crippen LogP contribution in [0.25, 0.3) is 0 Å². The van der Waals surface area contributed by atoms with Crippen molar-refractivity contribution in [2.24, 2.45) is 0 Å². The molecule has 0 spiro atoms. The summed E-state index contributed by atoms with van der Waals surface area (Å²) in [5.41, 5.74) is 0. The lowest BCUT2D eigenvalue weighted by molar-refractivity contribution is 0.241. The highest BCUT2D eigenvalue weighted by molar-refractivity contribution is 5.25. The average Bonchev–Trinajstić information content (AvgIpc) is 1.85. The molecule has 60 valence electrons. The first kappa shape index (κ1) is 7.85. The number of hydrogen-bond donors (Lipinski definition) is 1. The van der Waals surface area contributed by atoms with E-state index in [0.29, 0.717) is 5.75 Å². The molecule has 0 unspecified atom stereocenters. The Bertz CT molecular complexity index is 235. The Labute approximate surface area is 65.7 Å². The summed E-state index contributed by atoms with van der Waals surface area (Å²) in [5, 5.41) is 8.93.